The first-order valence-electron chi connectivity index (χ1n) is 8.28. The molecule has 0 saturated carbocycles. The van der Waals surface area contributed by atoms with E-state index >= 15 is 0 Å². The number of nitrogens with zero attached hydrogens (tertiary/aromatic N) is 6. The van der Waals surface area contributed by atoms with E-state index in [-0.39, 0.29) is 6.10 Å². The number of ether oxygens (including phenoxy) is 1. The summed E-state index contributed by atoms with van der Waals surface area (Å²) in [6, 6.07) is 5.76. The van der Waals surface area contributed by atoms with Crippen LogP contribution < -0.4 is 9.64 Å². The highest BCUT2D eigenvalue weighted by Crippen LogP contribution is 2.30. The van der Waals surface area contributed by atoms with E-state index in [1.807, 2.05) is 36.8 Å². The first kappa shape index (κ1) is 14.6. The molecule has 25 heavy (non-hydrogen) atoms. The van der Waals surface area contributed by atoms with E-state index in [9.17, 15) is 0 Å². The van der Waals surface area contributed by atoms with E-state index in [1.165, 1.54) is 4.70 Å². The summed E-state index contributed by atoms with van der Waals surface area (Å²) in [6.07, 6.45) is 9.35. The van der Waals surface area contributed by atoms with Crippen LogP contribution in [0.3, 0.4) is 0 Å². The molecule has 0 aromatic carbocycles. The molecule has 0 N–H and O–H groups in total. The van der Waals surface area contributed by atoms with Crippen LogP contribution in [0.4, 0.5) is 5.13 Å². The summed E-state index contributed by atoms with van der Waals surface area (Å²) >= 11 is 1.72. The number of aromatic nitrogens is 5. The van der Waals surface area contributed by atoms with E-state index in [1.54, 1.807) is 22.0 Å². The Morgan fingerprint density at radius 1 is 1.08 bits per heavy atom. The van der Waals surface area contributed by atoms with Crippen LogP contribution in [0.5, 0.6) is 5.88 Å². The highest BCUT2D eigenvalue weighted by molar-refractivity contribution is 7.22. The lowest BCUT2D eigenvalue weighted by atomic mass is 10.1. The average Bonchev–Trinajstić information content (AvgIpc) is 3.28. The van der Waals surface area contributed by atoms with Crippen LogP contribution in [0, 0.1) is 0 Å². The van der Waals surface area contributed by atoms with Crippen molar-refractivity contribution < 1.29 is 4.74 Å². The minimum absolute atomic E-state index is 0.185. The molecule has 126 valence electrons. The summed E-state index contributed by atoms with van der Waals surface area (Å²) in [5, 5.41) is 5.22. The lowest BCUT2D eigenvalue weighted by Crippen LogP contribution is -2.38. The first-order valence-corrected chi connectivity index (χ1v) is 9.09. The van der Waals surface area contributed by atoms with E-state index < -0.39 is 0 Å². The Morgan fingerprint density at radius 2 is 2.00 bits per heavy atom. The highest BCUT2D eigenvalue weighted by Gasteiger charge is 2.23. The Labute approximate surface area is 147 Å². The van der Waals surface area contributed by atoms with Gasteiger partial charge in [-0.05, 0) is 6.07 Å². The van der Waals surface area contributed by atoms with Crippen molar-refractivity contribution in [1.29, 1.82) is 0 Å². The van der Waals surface area contributed by atoms with Gasteiger partial charge in [0.15, 0.2) is 10.8 Å². The van der Waals surface area contributed by atoms with Crippen LogP contribution in [0.2, 0.25) is 0 Å². The molecule has 0 amide bonds. The minimum atomic E-state index is 0.185. The Kier molecular flexibility index (Phi) is 3.48. The van der Waals surface area contributed by atoms with Crippen LogP contribution in [-0.2, 0) is 0 Å². The van der Waals surface area contributed by atoms with Crippen LogP contribution in [-0.4, -0.2) is 43.8 Å². The lowest BCUT2D eigenvalue weighted by Gasteiger charge is -2.31. The van der Waals surface area contributed by atoms with Crippen molar-refractivity contribution in [2.75, 3.05) is 18.0 Å². The number of hydrogen-bond acceptors (Lipinski definition) is 7. The SMILES string of the molecule is c1cc2sc(N3CCC(Oc4ccn5nccc5n4)CC3)nc2cn1. The van der Waals surface area contributed by atoms with Gasteiger partial charge in [0.1, 0.15) is 11.6 Å². The van der Waals surface area contributed by atoms with Gasteiger partial charge in [-0.15, -0.1) is 0 Å². The normalized spacial score (nSPS) is 15.9. The van der Waals surface area contributed by atoms with Crippen molar-refractivity contribution in [2.45, 2.75) is 18.9 Å². The van der Waals surface area contributed by atoms with Crippen molar-refractivity contribution in [3.8, 4) is 5.88 Å². The van der Waals surface area contributed by atoms with Gasteiger partial charge in [0.25, 0.3) is 0 Å². The third-order valence-corrected chi connectivity index (χ3v) is 5.51. The third kappa shape index (κ3) is 2.78. The van der Waals surface area contributed by atoms with Gasteiger partial charge in [-0.25, -0.2) is 9.50 Å². The molecule has 1 aliphatic rings. The molecule has 8 heteroatoms. The highest BCUT2D eigenvalue weighted by atomic mass is 32.1. The van der Waals surface area contributed by atoms with E-state index in [2.05, 4.69) is 20.0 Å². The molecular weight excluding hydrogens is 336 g/mol. The summed E-state index contributed by atoms with van der Waals surface area (Å²) < 4.78 is 8.99. The molecule has 0 atom stereocenters. The molecule has 1 fully saturated rings. The van der Waals surface area contributed by atoms with Gasteiger partial charge in [0.05, 0.1) is 17.1 Å². The summed E-state index contributed by atoms with van der Waals surface area (Å²) in [5.74, 6) is 0.664. The lowest BCUT2D eigenvalue weighted by molar-refractivity contribution is 0.164. The van der Waals surface area contributed by atoms with E-state index in [0.29, 0.717) is 5.88 Å². The molecule has 1 saturated heterocycles. The van der Waals surface area contributed by atoms with Crippen molar-refractivity contribution in [1.82, 2.24) is 24.6 Å². The molecule has 0 aliphatic carbocycles. The van der Waals surface area contributed by atoms with E-state index in [0.717, 1.165) is 42.2 Å². The summed E-state index contributed by atoms with van der Waals surface area (Å²) in [7, 11) is 0. The zero-order valence-corrected chi connectivity index (χ0v) is 14.3. The fourth-order valence-corrected chi connectivity index (χ4v) is 4.08. The molecule has 0 bridgehead atoms. The zero-order valence-electron chi connectivity index (χ0n) is 13.4. The fourth-order valence-electron chi connectivity index (χ4n) is 3.10. The predicted octanol–water partition coefficient (Wildman–Crippen LogP) is 2.78. The monoisotopic (exact) mass is 352 g/mol. The molecule has 0 unspecified atom stereocenters. The van der Waals surface area contributed by atoms with Crippen LogP contribution in [0.25, 0.3) is 15.9 Å². The van der Waals surface area contributed by atoms with E-state index in [4.69, 9.17) is 9.72 Å². The summed E-state index contributed by atoms with van der Waals surface area (Å²) in [6.45, 7) is 1.87. The molecule has 7 nitrogen and oxygen atoms in total. The minimum Gasteiger partial charge on any atom is -0.474 e. The molecule has 5 rings (SSSR count). The van der Waals surface area contributed by atoms with Gasteiger partial charge < -0.3 is 9.64 Å². The molecule has 5 heterocycles. The molecule has 0 spiro atoms. The predicted molar refractivity (Wildman–Crippen MR) is 96.3 cm³/mol. The topological polar surface area (TPSA) is 68.4 Å². The Hall–Kier alpha value is -2.74. The maximum absolute atomic E-state index is 6.07. The summed E-state index contributed by atoms with van der Waals surface area (Å²) in [4.78, 5) is 15.6. The number of anilines is 1. The third-order valence-electron chi connectivity index (χ3n) is 4.41. The van der Waals surface area contributed by atoms with Gasteiger partial charge in [-0.2, -0.15) is 10.1 Å². The number of hydrogen-bond donors (Lipinski definition) is 0. The largest absolute Gasteiger partial charge is 0.474 e. The average molecular weight is 352 g/mol. The molecule has 4 aromatic heterocycles. The second-order valence-corrected chi connectivity index (χ2v) is 7.05. The molecule has 0 radical (unpaired) electrons. The van der Waals surface area contributed by atoms with Gasteiger partial charge in [-0.3, -0.25) is 4.98 Å². The maximum atomic E-state index is 6.07. The number of thiazole rings is 1. The van der Waals surface area contributed by atoms with Crippen molar-refractivity contribution >= 4 is 32.3 Å². The number of piperidine rings is 1. The van der Waals surface area contributed by atoms with Crippen molar-refractivity contribution in [3.05, 3.63) is 43.0 Å². The fraction of sp³-hybridized carbons (Fsp3) is 0.294. The van der Waals surface area contributed by atoms with Crippen molar-refractivity contribution in [3.63, 3.8) is 0 Å². The van der Waals surface area contributed by atoms with Crippen LogP contribution in [0.1, 0.15) is 12.8 Å². The van der Waals surface area contributed by atoms with Gasteiger partial charge in [0.2, 0.25) is 5.88 Å². The van der Waals surface area contributed by atoms with Gasteiger partial charge in [-0.1, -0.05) is 11.3 Å². The molecule has 1 aliphatic heterocycles. The van der Waals surface area contributed by atoms with Gasteiger partial charge >= 0.3 is 0 Å². The van der Waals surface area contributed by atoms with Gasteiger partial charge in [0, 0.05) is 50.5 Å². The zero-order chi connectivity index (χ0) is 16.6. The standard InChI is InChI=1S/C17H16N6OS/c1-6-18-11-13-14(1)25-17(20-13)22-8-3-12(4-9-22)24-16-5-10-23-15(21-16)2-7-19-23/h1-2,5-7,10-12H,3-4,8-9H2. The maximum Gasteiger partial charge on any atom is 0.217 e. The molecule has 4 aromatic rings. The Balaban J connectivity index is 1.26. The number of pyridine rings is 1. The van der Waals surface area contributed by atoms with Crippen LogP contribution in [0.15, 0.2) is 43.0 Å². The van der Waals surface area contributed by atoms with Crippen molar-refractivity contribution in [2.24, 2.45) is 0 Å². The first-order chi connectivity index (χ1) is 12.3. The second kappa shape index (κ2) is 5.96. The smallest absolute Gasteiger partial charge is 0.217 e. The van der Waals surface area contributed by atoms with Crippen LogP contribution >= 0.6 is 11.3 Å². The Bertz CT molecular complexity index is 987. The summed E-state index contributed by atoms with van der Waals surface area (Å²) in [5.41, 5.74) is 1.78. The molecular formula is C17H16N6OS. The number of fused-ring (bicyclic) bond motifs is 2. The number of rotatable bonds is 3. The second-order valence-electron chi connectivity index (χ2n) is 6.04. The Morgan fingerprint density at radius 3 is 2.88 bits per heavy atom. The quantitative estimate of drug-likeness (QED) is 0.565.